The van der Waals surface area contributed by atoms with Crippen LogP contribution in [0.4, 0.5) is 10.5 Å². The van der Waals surface area contributed by atoms with Gasteiger partial charge in [0.15, 0.2) is 0 Å². The summed E-state index contributed by atoms with van der Waals surface area (Å²) in [6.45, 7) is 0.838. The zero-order valence-corrected chi connectivity index (χ0v) is 24.0. The molecule has 1 aliphatic heterocycles. The zero-order valence-electron chi connectivity index (χ0n) is 24.0. The Hall–Kier alpha value is -5.19. The van der Waals surface area contributed by atoms with E-state index in [9.17, 15) is 24.0 Å². The van der Waals surface area contributed by atoms with E-state index in [-0.39, 0.29) is 25.5 Å². The first kappa shape index (κ1) is 30.8. The van der Waals surface area contributed by atoms with Crippen molar-refractivity contribution in [2.24, 2.45) is 0 Å². The quantitative estimate of drug-likeness (QED) is 0.197. The summed E-state index contributed by atoms with van der Waals surface area (Å²) >= 11 is 0. The number of nitrogens with zero attached hydrogens (tertiary/aromatic N) is 1. The van der Waals surface area contributed by atoms with Crippen molar-refractivity contribution in [1.82, 2.24) is 10.6 Å². The Morgan fingerprint density at radius 1 is 0.837 bits per heavy atom. The van der Waals surface area contributed by atoms with Gasteiger partial charge in [-0.25, -0.2) is 14.4 Å². The molecule has 3 aromatic carbocycles. The molecule has 1 atom stereocenters. The Balaban J connectivity index is 1.29. The molecule has 0 saturated carbocycles. The summed E-state index contributed by atoms with van der Waals surface area (Å²) < 4.78 is 15.0. The summed E-state index contributed by atoms with van der Waals surface area (Å²) in [4.78, 5) is 63.6. The second-order valence-corrected chi connectivity index (χ2v) is 9.80. The van der Waals surface area contributed by atoms with Gasteiger partial charge in [0.1, 0.15) is 12.6 Å². The van der Waals surface area contributed by atoms with Gasteiger partial charge in [-0.15, -0.1) is 0 Å². The van der Waals surface area contributed by atoms with Crippen LogP contribution in [0.3, 0.4) is 0 Å². The van der Waals surface area contributed by atoms with Crippen molar-refractivity contribution in [1.29, 1.82) is 0 Å². The lowest BCUT2D eigenvalue weighted by atomic mass is 10.1. The number of methoxy groups -OCH3 is 2. The van der Waals surface area contributed by atoms with E-state index < -0.39 is 30.0 Å². The average Bonchev–Trinajstić information content (AvgIpc) is 3.48. The van der Waals surface area contributed by atoms with Crippen molar-refractivity contribution in [2.45, 2.75) is 31.9 Å². The van der Waals surface area contributed by atoms with Gasteiger partial charge in [-0.2, -0.15) is 0 Å². The monoisotopic (exact) mass is 587 g/mol. The van der Waals surface area contributed by atoms with Crippen LogP contribution in [-0.4, -0.2) is 63.2 Å². The lowest BCUT2D eigenvalue weighted by molar-refractivity contribution is -0.143. The summed E-state index contributed by atoms with van der Waals surface area (Å²) in [5.41, 5.74) is 3.42. The van der Waals surface area contributed by atoms with Crippen molar-refractivity contribution in [3.8, 4) is 0 Å². The molecule has 0 aliphatic carbocycles. The lowest BCUT2D eigenvalue weighted by Crippen LogP contribution is -2.42. The van der Waals surface area contributed by atoms with Crippen molar-refractivity contribution >= 4 is 35.5 Å². The van der Waals surface area contributed by atoms with Gasteiger partial charge >= 0.3 is 18.0 Å². The van der Waals surface area contributed by atoms with Crippen molar-refractivity contribution in [3.05, 3.63) is 101 Å². The Labute approximate surface area is 249 Å². The van der Waals surface area contributed by atoms with Crippen LogP contribution < -0.4 is 15.5 Å². The van der Waals surface area contributed by atoms with Gasteiger partial charge in [0.05, 0.1) is 25.5 Å². The van der Waals surface area contributed by atoms with Crippen molar-refractivity contribution in [3.63, 3.8) is 0 Å². The van der Waals surface area contributed by atoms with Gasteiger partial charge in [0.25, 0.3) is 11.8 Å². The maximum absolute atomic E-state index is 13.0. The molecule has 0 radical (unpaired) electrons. The Bertz CT molecular complexity index is 1470. The number of ether oxygens (including phenoxy) is 3. The topological polar surface area (TPSA) is 140 Å². The number of fused-ring (bicyclic) bond motifs is 1. The van der Waals surface area contributed by atoms with Gasteiger partial charge in [0, 0.05) is 24.2 Å². The molecule has 0 fully saturated rings. The first-order chi connectivity index (χ1) is 20.8. The molecule has 43 heavy (non-hydrogen) atoms. The molecule has 11 nitrogen and oxygen atoms in total. The van der Waals surface area contributed by atoms with Gasteiger partial charge in [-0.05, 0) is 72.9 Å². The standard InChI is InChI=1S/C32H33N3O8/c1-41-30(38)23-12-10-22(11-13-23)28(36)33-17-6-9-26(31(39)42-2)34-29(37)25-14-15-27-24(19-25)16-18-35(27)32(40)43-20-21-7-4-3-5-8-21/h3-5,7-8,10-15,19,26H,6,9,16-18,20H2,1-2H3,(H,33,36)(H,34,37). The first-order valence-electron chi connectivity index (χ1n) is 13.8. The molecule has 0 saturated heterocycles. The van der Waals surface area contributed by atoms with Crippen molar-refractivity contribution < 1.29 is 38.2 Å². The number of carbonyl (C=O) groups is 5. The molecule has 11 heteroatoms. The molecule has 1 unspecified atom stereocenters. The molecule has 0 spiro atoms. The number of rotatable bonds is 11. The molecule has 0 bridgehead atoms. The van der Waals surface area contributed by atoms with Crippen LogP contribution in [0.15, 0.2) is 72.8 Å². The summed E-state index contributed by atoms with van der Waals surface area (Å²) in [6, 6.07) is 19.5. The summed E-state index contributed by atoms with van der Waals surface area (Å²) in [6.07, 6.45) is 0.709. The Kier molecular flexibility index (Phi) is 10.5. The highest BCUT2D eigenvalue weighted by atomic mass is 16.6. The highest BCUT2D eigenvalue weighted by Gasteiger charge is 2.28. The molecular formula is C32H33N3O8. The minimum atomic E-state index is -0.925. The fourth-order valence-electron chi connectivity index (χ4n) is 4.65. The van der Waals surface area contributed by atoms with E-state index in [0.717, 1.165) is 11.1 Å². The molecule has 1 heterocycles. The molecule has 1 aliphatic rings. The van der Waals surface area contributed by atoms with E-state index in [4.69, 9.17) is 9.47 Å². The molecule has 224 valence electrons. The second kappa shape index (κ2) is 14.6. The molecule has 3 amide bonds. The SMILES string of the molecule is COC(=O)c1ccc(C(=O)NCCCC(NC(=O)c2ccc3c(c2)CCN3C(=O)OCc2ccccc2)C(=O)OC)cc1. The van der Waals surface area contributed by atoms with Gasteiger partial charge < -0.3 is 24.8 Å². The molecule has 0 aromatic heterocycles. The number of anilines is 1. The van der Waals surface area contributed by atoms with E-state index in [1.807, 2.05) is 30.3 Å². The maximum Gasteiger partial charge on any atom is 0.414 e. The third kappa shape index (κ3) is 7.97. The summed E-state index contributed by atoms with van der Waals surface area (Å²) in [5.74, 6) is -1.90. The smallest absolute Gasteiger partial charge is 0.414 e. The predicted octanol–water partition coefficient (Wildman–Crippen LogP) is 3.65. The minimum Gasteiger partial charge on any atom is -0.467 e. The molecule has 4 rings (SSSR count). The Morgan fingerprint density at radius 3 is 2.23 bits per heavy atom. The van der Waals surface area contributed by atoms with Crippen LogP contribution in [0.1, 0.15) is 55.0 Å². The highest BCUT2D eigenvalue weighted by molar-refractivity contribution is 5.99. The predicted molar refractivity (Wildman–Crippen MR) is 157 cm³/mol. The van der Waals surface area contributed by atoms with E-state index in [0.29, 0.717) is 41.8 Å². The lowest BCUT2D eigenvalue weighted by Gasteiger charge is -2.18. The van der Waals surface area contributed by atoms with Crippen LogP contribution >= 0.6 is 0 Å². The Morgan fingerprint density at radius 2 is 1.53 bits per heavy atom. The zero-order chi connectivity index (χ0) is 30.8. The average molecular weight is 588 g/mol. The van der Waals surface area contributed by atoms with Crippen LogP contribution in [0.2, 0.25) is 0 Å². The van der Waals surface area contributed by atoms with E-state index >= 15 is 0 Å². The fraction of sp³-hybridized carbons (Fsp3) is 0.281. The summed E-state index contributed by atoms with van der Waals surface area (Å²) in [7, 11) is 2.52. The van der Waals surface area contributed by atoms with Crippen LogP contribution in [0, 0.1) is 0 Å². The van der Waals surface area contributed by atoms with E-state index in [2.05, 4.69) is 15.4 Å². The molecule has 3 aromatic rings. The number of amides is 3. The third-order valence-electron chi connectivity index (χ3n) is 6.98. The van der Waals surface area contributed by atoms with Gasteiger partial charge in [-0.3, -0.25) is 14.5 Å². The number of hydrogen-bond donors (Lipinski definition) is 2. The van der Waals surface area contributed by atoms with Gasteiger partial charge in [0.2, 0.25) is 0 Å². The molecule has 2 N–H and O–H groups in total. The number of benzene rings is 3. The molecular weight excluding hydrogens is 554 g/mol. The van der Waals surface area contributed by atoms with Gasteiger partial charge in [-0.1, -0.05) is 30.3 Å². The third-order valence-corrected chi connectivity index (χ3v) is 6.98. The number of hydrogen-bond acceptors (Lipinski definition) is 8. The number of carbonyl (C=O) groups excluding carboxylic acids is 5. The van der Waals surface area contributed by atoms with Crippen LogP contribution in [0.5, 0.6) is 0 Å². The van der Waals surface area contributed by atoms with Crippen LogP contribution in [-0.2, 0) is 32.0 Å². The summed E-state index contributed by atoms with van der Waals surface area (Å²) in [5, 5.41) is 5.47. The largest absolute Gasteiger partial charge is 0.467 e. The number of esters is 2. The van der Waals surface area contributed by atoms with Crippen molar-refractivity contribution in [2.75, 3.05) is 32.2 Å². The maximum atomic E-state index is 13.0. The fourth-order valence-corrected chi connectivity index (χ4v) is 4.65. The normalized spacial score (nSPS) is 12.5. The highest BCUT2D eigenvalue weighted by Crippen LogP contribution is 2.29. The number of nitrogens with one attached hydrogen (secondary N) is 2. The van der Waals surface area contributed by atoms with Crippen LogP contribution in [0.25, 0.3) is 0 Å². The van der Waals surface area contributed by atoms with E-state index in [1.54, 1.807) is 23.1 Å². The second-order valence-electron chi connectivity index (χ2n) is 9.80. The van der Waals surface area contributed by atoms with E-state index in [1.165, 1.54) is 38.5 Å². The first-order valence-corrected chi connectivity index (χ1v) is 13.8. The minimum absolute atomic E-state index is 0.161.